The summed E-state index contributed by atoms with van der Waals surface area (Å²) in [5.41, 5.74) is 4.59. The van der Waals surface area contributed by atoms with E-state index in [-0.39, 0.29) is 18.5 Å². The number of aryl methyl sites for hydroxylation is 1. The summed E-state index contributed by atoms with van der Waals surface area (Å²) in [5, 5.41) is 0. The lowest BCUT2D eigenvalue weighted by Crippen LogP contribution is -2.35. The highest BCUT2D eigenvalue weighted by Gasteiger charge is 2.33. The molecule has 0 heterocycles. The second kappa shape index (κ2) is 6.23. The largest absolute Gasteiger partial charge is 0.325 e. The standard InChI is InChI=1S/C21H21NO2/c23-13-12-22(21(24)17-4-2-1-3-5-17)20-11-10-16-8-9-18(14-19(16)20)15-6-7-15/h1-5,8-9,13-15,20H,6-7,10-12H2. The van der Waals surface area contributed by atoms with Crippen molar-refractivity contribution in [1.82, 2.24) is 4.90 Å². The van der Waals surface area contributed by atoms with Gasteiger partial charge >= 0.3 is 0 Å². The highest BCUT2D eigenvalue weighted by Crippen LogP contribution is 2.44. The third-order valence-electron chi connectivity index (χ3n) is 5.19. The molecule has 2 aliphatic carbocycles. The molecule has 3 heteroatoms. The lowest BCUT2D eigenvalue weighted by atomic mass is 10.0. The summed E-state index contributed by atoms with van der Waals surface area (Å²) in [6, 6.07) is 16.0. The molecule has 1 amide bonds. The third kappa shape index (κ3) is 2.75. The van der Waals surface area contributed by atoms with Gasteiger partial charge in [0, 0.05) is 5.56 Å². The smallest absolute Gasteiger partial charge is 0.254 e. The van der Waals surface area contributed by atoms with Gasteiger partial charge < -0.3 is 9.69 Å². The average molecular weight is 319 g/mol. The summed E-state index contributed by atoms with van der Waals surface area (Å²) < 4.78 is 0. The van der Waals surface area contributed by atoms with Crippen LogP contribution in [0.1, 0.15) is 58.3 Å². The maximum atomic E-state index is 12.9. The van der Waals surface area contributed by atoms with E-state index >= 15 is 0 Å². The number of rotatable bonds is 5. The maximum Gasteiger partial charge on any atom is 0.254 e. The van der Waals surface area contributed by atoms with E-state index in [4.69, 9.17) is 0 Å². The molecule has 1 saturated carbocycles. The molecule has 1 atom stereocenters. The minimum Gasteiger partial charge on any atom is -0.325 e. The summed E-state index contributed by atoms with van der Waals surface area (Å²) in [4.78, 5) is 25.9. The number of benzene rings is 2. The predicted molar refractivity (Wildman–Crippen MR) is 93.0 cm³/mol. The Kier molecular flexibility index (Phi) is 3.93. The molecule has 0 spiro atoms. The van der Waals surface area contributed by atoms with E-state index in [1.807, 2.05) is 30.3 Å². The van der Waals surface area contributed by atoms with Crippen LogP contribution in [0.3, 0.4) is 0 Å². The number of aldehydes is 1. The van der Waals surface area contributed by atoms with Crippen LogP contribution < -0.4 is 0 Å². The second-order valence-electron chi connectivity index (χ2n) is 6.78. The molecule has 2 aromatic rings. The van der Waals surface area contributed by atoms with E-state index in [1.54, 1.807) is 4.90 Å². The maximum absolute atomic E-state index is 12.9. The topological polar surface area (TPSA) is 37.4 Å². The van der Waals surface area contributed by atoms with Crippen molar-refractivity contribution < 1.29 is 9.59 Å². The van der Waals surface area contributed by atoms with Crippen molar-refractivity contribution in [2.75, 3.05) is 6.54 Å². The molecule has 1 fully saturated rings. The van der Waals surface area contributed by atoms with Crippen LogP contribution in [-0.2, 0) is 11.2 Å². The van der Waals surface area contributed by atoms with Crippen LogP contribution in [0.25, 0.3) is 0 Å². The Morgan fingerprint density at radius 3 is 2.58 bits per heavy atom. The molecule has 122 valence electrons. The SMILES string of the molecule is O=CCN(C(=O)c1ccccc1)C1CCc2ccc(C3CC3)cc21. The molecule has 0 radical (unpaired) electrons. The van der Waals surface area contributed by atoms with Crippen LogP contribution in [0.5, 0.6) is 0 Å². The number of carbonyl (C=O) groups is 2. The number of fused-ring (bicyclic) bond motifs is 1. The Balaban J connectivity index is 1.67. The number of carbonyl (C=O) groups excluding carboxylic acids is 2. The summed E-state index contributed by atoms with van der Waals surface area (Å²) in [6.45, 7) is 0.144. The van der Waals surface area contributed by atoms with Crippen molar-refractivity contribution in [2.24, 2.45) is 0 Å². The third-order valence-corrected chi connectivity index (χ3v) is 5.19. The van der Waals surface area contributed by atoms with Crippen LogP contribution in [0.2, 0.25) is 0 Å². The van der Waals surface area contributed by atoms with Crippen molar-refractivity contribution in [3.8, 4) is 0 Å². The Morgan fingerprint density at radius 1 is 1.08 bits per heavy atom. The molecular formula is C21H21NO2. The van der Waals surface area contributed by atoms with Crippen molar-refractivity contribution in [1.29, 1.82) is 0 Å². The molecule has 0 N–H and O–H groups in total. The van der Waals surface area contributed by atoms with Gasteiger partial charge in [0.05, 0.1) is 12.6 Å². The monoisotopic (exact) mass is 319 g/mol. The molecule has 24 heavy (non-hydrogen) atoms. The number of amides is 1. The molecule has 2 aliphatic rings. The van der Waals surface area contributed by atoms with Crippen LogP contribution in [-0.4, -0.2) is 23.6 Å². The second-order valence-corrected chi connectivity index (χ2v) is 6.78. The summed E-state index contributed by atoms with van der Waals surface area (Å²) in [7, 11) is 0. The van der Waals surface area contributed by atoms with Gasteiger partial charge in [0.25, 0.3) is 5.91 Å². The van der Waals surface area contributed by atoms with Gasteiger partial charge in [-0.3, -0.25) is 4.79 Å². The van der Waals surface area contributed by atoms with E-state index in [0.717, 1.165) is 19.1 Å². The number of nitrogens with zero attached hydrogens (tertiary/aromatic N) is 1. The molecule has 0 bridgehead atoms. The molecule has 0 saturated heterocycles. The average Bonchev–Trinajstić information content (AvgIpc) is 3.40. The highest BCUT2D eigenvalue weighted by atomic mass is 16.2. The zero-order valence-corrected chi connectivity index (χ0v) is 13.7. The molecule has 3 nitrogen and oxygen atoms in total. The molecule has 4 rings (SSSR count). The van der Waals surface area contributed by atoms with Crippen molar-refractivity contribution in [2.45, 2.75) is 37.6 Å². The first-order valence-corrected chi connectivity index (χ1v) is 8.70. The molecule has 0 aliphatic heterocycles. The van der Waals surface area contributed by atoms with Crippen LogP contribution in [0.15, 0.2) is 48.5 Å². The number of hydrogen-bond acceptors (Lipinski definition) is 2. The van der Waals surface area contributed by atoms with Gasteiger partial charge in [0.1, 0.15) is 6.29 Å². The predicted octanol–water partition coefficient (Wildman–Crippen LogP) is 3.89. The zero-order chi connectivity index (χ0) is 16.5. The molecule has 1 unspecified atom stereocenters. The van der Waals surface area contributed by atoms with E-state index < -0.39 is 0 Å². The summed E-state index contributed by atoms with van der Waals surface area (Å²) in [5.74, 6) is 0.637. The van der Waals surface area contributed by atoms with E-state index in [9.17, 15) is 9.59 Å². The first kappa shape index (κ1) is 15.1. The highest BCUT2D eigenvalue weighted by molar-refractivity contribution is 5.95. The first-order valence-electron chi connectivity index (χ1n) is 8.70. The van der Waals surface area contributed by atoms with E-state index in [2.05, 4.69) is 18.2 Å². The first-order chi connectivity index (χ1) is 11.8. The Bertz CT molecular complexity index is 765. The summed E-state index contributed by atoms with van der Waals surface area (Å²) in [6.07, 6.45) is 5.25. The van der Waals surface area contributed by atoms with Gasteiger partial charge in [-0.25, -0.2) is 0 Å². The Labute approximate surface area is 142 Å². The zero-order valence-electron chi connectivity index (χ0n) is 13.7. The fourth-order valence-corrected chi connectivity index (χ4v) is 3.77. The normalized spacial score (nSPS) is 18.9. The number of hydrogen-bond donors (Lipinski definition) is 0. The van der Waals surface area contributed by atoms with Gasteiger partial charge in [0.2, 0.25) is 0 Å². The van der Waals surface area contributed by atoms with Gasteiger partial charge in [-0.05, 0) is 60.4 Å². The summed E-state index contributed by atoms with van der Waals surface area (Å²) >= 11 is 0. The minimum atomic E-state index is -0.0580. The van der Waals surface area contributed by atoms with E-state index in [0.29, 0.717) is 11.5 Å². The van der Waals surface area contributed by atoms with Crippen LogP contribution in [0, 0.1) is 0 Å². The fourth-order valence-electron chi connectivity index (χ4n) is 3.77. The van der Waals surface area contributed by atoms with Crippen molar-refractivity contribution in [3.05, 3.63) is 70.8 Å². The van der Waals surface area contributed by atoms with Crippen molar-refractivity contribution in [3.63, 3.8) is 0 Å². The van der Waals surface area contributed by atoms with Crippen LogP contribution >= 0.6 is 0 Å². The lowest BCUT2D eigenvalue weighted by Gasteiger charge is -2.28. The van der Waals surface area contributed by atoms with Crippen LogP contribution in [0.4, 0.5) is 0 Å². The van der Waals surface area contributed by atoms with Crippen molar-refractivity contribution >= 4 is 12.2 Å². The van der Waals surface area contributed by atoms with Gasteiger partial charge in [0.15, 0.2) is 0 Å². The van der Waals surface area contributed by atoms with Gasteiger partial charge in [-0.15, -0.1) is 0 Å². The lowest BCUT2D eigenvalue weighted by molar-refractivity contribution is -0.108. The quantitative estimate of drug-likeness (QED) is 0.784. The molecule has 2 aromatic carbocycles. The fraction of sp³-hybridized carbons (Fsp3) is 0.333. The van der Waals surface area contributed by atoms with E-state index in [1.165, 1.54) is 29.5 Å². The Hall–Kier alpha value is -2.42. The van der Waals surface area contributed by atoms with Gasteiger partial charge in [-0.1, -0.05) is 36.4 Å². The molecule has 0 aromatic heterocycles. The van der Waals surface area contributed by atoms with Gasteiger partial charge in [-0.2, -0.15) is 0 Å². The Morgan fingerprint density at radius 2 is 1.88 bits per heavy atom. The molecular weight excluding hydrogens is 298 g/mol. The minimum absolute atomic E-state index is 0.0107.